The zero-order chi connectivity index (χ0) is 8.15. The minimum atomic E-state index is 0.277. The molecule has 0 aromatic carbocycles. The first-order chi connectivity index (χ1) is 4.57. The Hall–Kier alpha value is -0.990. The lowest BCUT2D eigenvalue weighted by Gasteiger charge is -1.93. The molecule has 3 nitrogen and oxygen atoms in total. The Morgan fingerprint density at radius 1 is 1.10 bits per heavy atom. The molecule has 0 aliphatic heterocycles. The van der Waals surface area contributed by atoms with E-state index in [-0.39, 0.29) is 5.84 Å². The minimum absolute atomic E-state index is 0.277. The van der Waals surface area contributed by atoms with Crippen molar-refractivity contribution in [3.05, 3.63) is 16.2 Å². The molecule has 0 aromatic heterocycles. The summed E-state index contributed by atoms with van der Waals surface area (Å²) in [5.74, 6) is 0.277. The van der Waals surface area contributed by atoms with Crippen LogP contribution in [-0.2, 0) is 0 Å². The molecule has 3 heteroatoms. The van der Waals surface area contributed by atoms with Crippen molar-refractivity contribution in [1.82, 2.24) is 0 Å². The molecule has 0 bridgehead atoms. The zero-order valence-corrected chi connectivity index (χ0v) is 6.80. The van der Waals surface area contributed by atoms with Gasteiger partial charge in [0.25, 0.3) is 0 Å². The van der Waals surface area contributed by atoms with Crippen LogP contribution in [0.25, 0.3) is 0 Å². The minimum Gasteiger partial charge on any atom is -0.235 e. The molecule has 0 amide bonds. The van der Waals surface area contributed by atoms with Gasteiger partial charge < -0.3 is 0 Å². The van der Waals surface area contributed by atoms with Crippen molar-refractivity contribution in [3.63, 3.8) is 0 Å². The summed E-state index contributed by atoms with van der Waals surface area (Å²) in [6.07, 6.45) is 0. The van der Waals surface area contributed by atoms with E-state index in [4.69, 9.17) is 0 Å². The van der Waals surface area contributed by atoms with Crippen molar-refractivity contribution >= 4 is 5.84 Å². The standard InChI is InChI=1S/C7H12N2O/c1-5(2)6(3)8-7(4)9-10/h1-4H3/b8-7+. The molecule has 10 heavy (non-hydrogen) atoms. The van der Waals surface area contributed by atoms with Crippen LogP contribution in [-0.4, -0.2) is 5.84 Å². The highest BCUT2D eigenvalue weighted by atomic mass is 16.3. The Morgan fingerprint density at radius 3 is 1.90 bits per heavy atom. The first kappa shape index (κ1) is 9.01. The highest BCUT2D eigenvalue weighted by Crippen LogP contribution is 2.03. The van der Waals surface area contributed by atoms with Gasteiger partial charge in [-0.2, -0.15) is 0 Å². The summed E-state index contributed by atoms with van der Waals surface area (Å²) in [5, 5.41) is 2.68. The van der Waals surface area contributed by atoms with Crippen molar-refractivity contribution in [2.24, 2.45) is 10.2 Å². The van der Waals surface area contributed by atoms with E-state index >= 15 is 0 Å². The molecule has 0 radical (unpaired) electrons. The van der Waals surface area contributed by atoms with E-state index in [2.05, 4.69) is 10.2 Å². The van der Waals surface area contributed by atoms with Crippen LogP contribution in [0.4, 0.5) is 0 Å². The average molecular weight is 140 g/mol. The fourth-order valence-corrected chi connectivity index (χ4v) is 0.375. The Bertz CT molecular complexity index is 188. The van der Waals surface area contributed by atoms with Crippen LogP contribution in [0, 0.1) is 4.91 Å². The largest absolute Gasteiger partial charge is 0.235 e. The molecule has 0 spiro atoms. The lowest BCUT2D eigenvalue weighted by Crippen LogP contribution is -1.84. The van der Waals surface area contributed by atoms with Gasteiger partial charge in [0, 0.05) is 5.70 Å². The Labute approximate surface area is 60.8 Å². The summed E-state index contributed by atoms with van der Waals surface area (Å²) >= 11 is 0. The second kappa shape index (κ2) is 3.93. The van der Waals surface area contributed by atoms with Crippen LogP contribution in [0.3, 0.4) is 0 Å². The van der Waals surface area contributed by atoms with Crippen molar-refractivity contribution in [1.29, 1.82) is 0 Å². The summed E-state index contributed by atoms with van der Waals surface area (Å²) in [7, 11) is 0. The Kier molecular flexibility index (Phi) is 3.54. The topological polar surface area (TPSA) is 41.8 Å². The van der Waals surface area contributed by atoms with Crippen molar-refractivity contribution < 1.29 is 0 Å². The fourth-order valence-electron chi connectivity index (χ4n) is 0.375. The first-order valence-electron chi connectivity index (χ1n) is 3.10. The van der Waals surface area contributed by atoms with E-state index in [1.165, 1.54) is 0 Å². The van der Waals surface area contributed by atoms with Crippen LogP contribution in [0.1, 0.15) is 27.7 Å². The van der Waals surface area contributed by atoms with Crippen LogP contribution in [0.5, 0.6) is 0 Å². The number of hydrogen-bond acceptors (Lipinski definition) is 2. The van der Waals surface area contributed by atoms with E-state index in [1.807, 2.05) is 20.8 Å². The second-order valence-electron chi connectivity index (χ2n) is 2.34. The summed E-state index contributed by atoms with van der Waals surface area (Å²) in [5.41, 5.74) is 1.96. The van der Waals surface area contributed by atoms with Gasteiger partial charge in [-0.15, -0.1) is 4.91 Å². The molecule has 0 saturated heterocycles. The number of rotatable bonds is 1. The molecular weight excluding hydrogens is 128 g/mol. The summed E-state index contributed by atoms with van der Waals surface area (Å²) in [6.45, 7) is 7.32. The highest BCUT2D eigenvalue weighted by Gasteiger charge is 1.90. The first-order valence-corrected chi connectivity index (χ1v) is 3.10. The number of hydrogen-bond donors (Lipinski definition) is 0. The highest BCUT2D eigenvalue weighted by molar-refractivity contribution is 5.81. The molecule has 0 unspecified atom stereocenters. The van der Waals surface area contributed by atoms with E-state index in [1.54, 1.807) is 6.92 Å². The number of amidine groups is 1. The van der Waals surface area contributed by atoms with Gasteiger partial charge in [-0.05, 0) is 32.9 Å². The molecule has 0 rings (SSSR count). The number of nitrogens with zero attached hydrogens (tertiary/aromatic N) is 2. The van der Waals surface area contributed by atoms with Crippen LogP contribution in [0.15, 0.2) is 21.4 Å². The van der Waals surface area contributed by atoms with E-state index in [0.717, 1.165) is 11.3 Å². The maximum Gasteiger partial charge on any atom is 0.169 e. The lowest BCUT2D eigenvalue weighted by molar-refractivity contribution is 1.18. The Morgan fingerprint density at radius 2 is 1.60 bits per heavy atom. The third-order valence-corrected chi connectivity index (χ3v) is 1.19. The SMILES string of the molecule is CC(C)=C(C)/N=C(\C)N=O. The molecule has 0 N–H and O–H groups in total. The monoisotopic (exact) mass is 140 g/mol. The summed E-state index contributed by atoms with van der Waals surface area (Å²) in [6, 6.07) is 0. The van der Waals surface area contributed by atoms with Crippen molar-refractivity contribution in [2.75, 3.05) is 0 Å². The van der Waals surface area contributed by atoms with Crippen molar-refractivity contribution in [3.8, 4) is 0 Å². The maximum atomic E-state index is 9.86. The van der Waals surface area contributed by atoms with E-state index < -0.39 is 0 Å². The van der Waals surface area contributed by atoms with E-state index in [9.17, 15) is 4.91 Å². The number of aliphatic imine (C=N–C) groups is 1. The number of nitroso groups, excluding NO2 is 1. The predicted molar refractivity (Wildman–Crippen MR) is 43.0 cm³/mol. The van der Waals surface area contributed by atoms with Gasteiger partial charge in [-0.3, -0.25) is 0 Å². The number of allylic oxidation sites excluding steroid dienone is 2. The second-order valence-corrected chi connectivity index (χ2v) is 2.34. The van der Waals surface area contributed by atoms with Gasteiger partial charge in [0.15, 0.2) is 5.84 Å². The normalized spacial score (nSPS) is 11.0. The summed E-state index contributed by atoms with van der Waals surface area (Å²) in [4.78, 5) is 13.8. The third kappa shape index (κ3) is 3.12. The van der Waals surface area contributed by atoms with Gasteiger partial charge >= 0.3 is 0 Å². The molecule has 0 aliphatic carbocycles. The quantitative estimate of drug-likeness (QED) is 0.313. The Balaban J connectivity index is 4.42. The van der Waals surface area contributed by atoms with Gasteiger partial charge in [-0.1, -0.05) is 5.57 Å². The maximum absolute atomic E-state index is 9.86. The molecule has 56 valence electrons. The molecule has 0 fully saturated rings. The van der Waals surface area contributed by atoms with Crippen LogP contribution >= 0.6 is 0 Å². The predicted octanol–water partition coefficient (Wildman–Crippen LogP) is 2.49. The third-order valence-electron chi connectivity index (χ3n) is 1.19. The fraction of sp³-hybridized carbons (Fsp3) is 0.571. The molecular formula is C7H12N2O. The smallest absolute Gasteiger partial charge is 0.169 e. The molecule has 0 heterocycles. The molecule has 0 atom stereocenters. The average Bonchev–Trinajstić information content (AvgIpc) is 1.87. The van der Waals surface area contributed by atoms with Gasteiger partial charge in [0.05, 0.1) is 0 Å². The van der Waals surface area contributed by atoms with E-state index in [0.29, 0.717) is 0 Å². The van der Waals surface area contributed by atoms with Crippen LogP contribution in [0.2, 0.25) is 0 Å². The van der Waals surface area contributed by atoms with Crippen molar-refractivity contribution in [2.45, 2.75) is 27.7 Å². The lowest BCUT2D eigenvalue weighted by atomic mass is 10.3. The molecule has 0 aliphatic rings. The summed E-state index contributed by atoms with van der Waals surface area (Å²) < 4.78 is 0. The van der Waals surface area contributed by atoms with Gasteiger partial charge in [0.2, 0.25) is 0 Å². The molecule has 0 saturated carbocycles. The van der Waals surface area contributed by atoms with Crippen LogP contribution < -0.4 is 0 Å². The zero-order valence-electron chi connectivity index (χ0n) is 6.80. The van der Waals surface area contributed by atoms with Gasteiger partial charge in [0.1, 0.15) is 0 Å². The molecule has 0 aromatic rings. The van der Waals surface area contributed by atoms with Gasteiger partial charge in [-0.25, -0.2) is 4.99 Å².